The van der Waals surface area contributed by atoms with Crippen molar-refractivity contribution in [2.75, 3.05) is 5.73 Å². The number of ketones is 1. The number of nitrogens with two attached hydrogens (primary N) is 1. The van der Waals surface area contributed by atoms with Crippen molar-refractivity contribution in [2.45, 2.75) is 24.4 Å². The van der Waals surface area contributed by atoms with E-state index in [2.05, 4.69) is 31.9 Å². The fourth-order valence-electron chi connectivity index (χ4n) is 2.48. The first-order chi connectivity index (χ1) is 13.1. The van der Waals surface area contributed by atoms with E-state index < -0.39 is 56.1 Å². The number of Topliss-reactive ketones (excluding diaryl/α,β-unsaturated/α-hetero) is 1. The van der Waals surface area contributed by atoms with Gasteiger partial charge in [0.05, 0.1) is 11.3 Å². The number of benzene rings is 2. The Morgan fingerprint density at radius 2 is 1.41 bits per heavy atom. The van der Waals surface area contributed by atoms with Gasteiger partial charge in [-0.05, 0) is 29.8 Å². The highest BCUT2D eigenvalue weighted by atomic mass is 79.9. The van der Waals surface area contributed by atoms with Crippen LogP contribution in [0.25, 0.3) is 0 Å². The molecular formula is C17H9Br2F8NO. The molecule has 0 aromatic heterocycles. The van der Waals surface area contributed by atoms with Crippen LogP contribution in [0.2, 0.25) is 0 Å². The summed E-state index contributed by atoms with van der Waals surface area (Å²) in [6.45, 7) is 0. The third-order valence-electron chi connectivity index (χ3n) is 3.99. The summed E-state index contributed by atoms with van der Waals surface area (Å²) in [6.07, 6.45) is -13.2. The van der Waals surface area contributed by atoms with Gasteiger partial charge in [0.25, 0.3) is 0 Å². The van der Waals surface area contributed by atoms with Gasteiger partial charge in [0, 0.05) is 20.9 Å². The molecule has 0 radical (unpaired) electrons. The quantitative estimate of drug-likeness (QED) is 0.261. The lowest BCUT2D eigenvalue weighted by Crippen LogP contribution is -2.50. The van der Waals surface area contributed by atoms with E-state index in [4.69, 9.17) is 5.73 Å². The van der Waals surface area contributed by atoms with E-state index in [-0.39, 0.29) is 23.4 Å². The second-order valence-electron chi connectivity index (χ2n) is 5.88. The van der Waals surface area contributed by atoms with Gasteiger partial charge in [-0.2, -0.15) is 26.3 Å². The Balaban J connectivity index is 2.52. The van der Waals surface area contributed by atoms with E-state index in [1.807, 2.05) is 0 Å². The molecule has 0 atom stereocenters. The maximum absolute atomic E-state index is 14.2. The van der Waals surface area contributed by atoms with Crippen molar-refractivity contribution in [3.05, 3.63) is 61.8 Å². The number of hydrogen-bond acceptors (Lipinski definition) is 2. The van der Waals surface area contributed by atoms with Crippen LogP contribution in [0.5, 0.6) is 0 Å². The van der Waals surface area contributed by atoms with Crippen molar-refractivity contribution in [1.82, 2.24) is 0 Å². The number of halogens is 10. The van der Waals surface area contributed by atoms with Crippen LogP contribution >= 0.6 is 31.9 Å². The summed E-state index contributed by atoms with van der Waals surface area (Å²) in [5, 5.41) is 0. The first kappa shape index (κ1) is 23.6. The van der Waals surface area contributed by atoms with E-state index in [0.717, 1.165) is 6.07 Å². The van der Waals surface area contributed by atoms with E-state index in [1.54, 1.807) is 0 Å². The van der Waals surface area contributed by atoms with Crippen LogP contribution in [0.1, 0.15) is 21.5 Å². The molecule has 158 valence electrons. The number of anilines is 1. The average molecular weight is 555 g/mol. The smallest absolute Gasteiger partial charge is 0.396 e. The molecule has 29 heavy (non-hydrogen) atoms. The molecule has 0 amide bonds. The summed E-state index contributed by atoms with van der Waals surface area (Å²) in [7, 11) is 0. The molecule has 0 saturated carbocycles. The lowest BCUT2D eigenvalue weighted by atomic mass is 9.92. The molecule has 0 saturated heterocycles. The second-order valence-corrected chi connectivity index (χ2v) is 7.59. The Hall–Kier alpha value is -1.69. The van der Waals surface area contributed by atoms with Crippen molar-refractivity contribution in [2.24, 2.45) is 0 Å². The van der Waals surface area contributed by atoms with Crippen LogP contribution < -0.4 is 5.73 Å². The van der Waals surface area contributed by atoms with Gasteiger partial charge in [-0.3, -0.25) is 4.79 Å². The van der Waals surface area contributed by atoms with E-state index in [1.165, 1.54) is 12.1 Å². The second kappa shape index (κ2) is 7.86. The molecule has 0 spiro atoms. The van der Waals surface area contributed by atoms with Gasteiger partial charge in [0.15, 0.2) is 11.6 Å². The van der Waals surface area contributed by atoms with Gasteiger partial charge in [-0.1, -0.05) is 37.9 Å². The molecule has 2 nitrogen and oxygen atoms in total. The summed E-state index contributed by atoms with van der Waals surface area (Å²) < 4.78 is 105. The predicted molar refractivity (Wildman–Crippen MR) is 95.6 cm³/mol. The van der Waals surface area contributed by atoms with Crippen LogP contribution in [0.4, 0.5) is 40.8 Å². The lowest BCUT2D eigenvalue weighted by molar-refractivity contribution is -0.348. The van der Waals surface area contributed by atoms with Crippen LogP contribution in [0.3, 0.4) is 0 Å². The minimum Gasteiger partial charge on any atom is -0.396 e. The Kier molecular flexibility index (Phi) is 6.39. The topological polar surface area (TPSA) is 43.1 Å². The van der Waals surface area contributed by atoms with E-state index >= 15 is 0 Å². The van der Waals surface area contributed by atoms with Gasteiger partial charge in [-0.15, -0.1) is 0 Å². The highest BCUT2D eigenvalue weighted by Gasteiger charge is 2.73. The molecular weight excluding hydrogens is 546 g/mol. The monoisotopic (exact) mass is 553 g/mol. The summed E-state index contributed by atoms with van der Waals surface area (Å²) in [6, 6.07) is 4.17. The van der Waals surface area contributed by atoms with Gasteiger partial charge in [0.1, 0.15) is 0 Å². The van der Waals surface area contributed by atoms with Crippen molar-refractivity contribution < 1.29 is 39.9 Å². The molecule has 2 aromatic carbocycles. The first-order valence-electron chi connectivity index (χ1n) is 7.49. The van der Waals surface area contributed by atoms with Gasteiger partial charge >= 0.3 is 18.0 Å². The molecule has 12 heteroatoms. The maximum Gasteiger partial charge on any atom is 0.435 e. The highest BCUT2D eigenvalue weighted by molar-refractivity contribution is 9.11. The number of rotatable bonds is 4. The zero-order chi connectivity index (χ0) is 22.4. The van der Waals surface area contributed by atoms with E-state index in [9.17, 15) is 39.9 Å². The normalized spacial score (nSPS) is 12.9. The first-order valence-corrected chi connectivity index (χ1v) is 9.07. The fourth-order valence-corrected chi connectivity index (χ4v) is 3.95. The molecule has 2 N–H and O–H groups in total. The molecule has 0 heterocycles. The minimum atomic E-state index is -6.29. The molecule has 0 bridgehead atoms. The molecule has 0 aliphatic rings. The van der Waals surface area contributed by atoms with Gasteiger partial charge in [-0.25, -0.2) is 8.78 Å². The van der Waals surface area contributed by atoms with Crippen LogP contribution in [-0.2, 0) is 12.1 Å². The van der Waals surface area contributed by atoms with Crippen LogP contribution in [-0.4, -0.2) is 18.1 Å². The lowest BCUT2D eigenvalue weighted by Gasteiger charge is -2.31. The highest BCUT2D eigenvalue weighted by Crippen LogP contribution is 2.54. The van der Waals surface area contributed by atoms with Crippen LogP contribution in [0, 0.1) is 5.82 Å². The zero-order valence-electron chi connectivity index (χ0n) is 13.9. The number of nitrogen functional groups attached to an aromatic ring is 1. The molecule has 2 rings (SSSR count). The van der Waals surface area contributed by atoms with Crippen LogP contribution in [0.15, 0.2) is 39.3 Å². The SMILES string of the molecule is Nc1cccc(C(=O)Cc2c(Br)cc(C(F)(C(F)(F)F)C(F)(F)F)cc2Br)c1F. The van der Waals surface area contributed by atoms with Crippen molar-refractivity contribution in [3.63, 3.8) is 0 Å². The Labute approximate surface area is 175 Å². The van der Waals surface area contributed by atoms with Gasteiger partial charge in [0.2, 0.25) is 0 Å². The largest absolute Gasteiger partial charge is 0.435 e. The Bertz CT molecular complexity index is 918. The summed E-state index contributed by atoms with van der Waals surface area (Å²) >= 11 is 5.51. The summed E-state index contributed by atoms with van der Waals surface area (Å²) in [5.74, 6) is -1.86. The number of carbonyl (C=O) groups excluding carboxylic acids is 1. The fraction of sp³-hybridized carbons (Fsp3) is 0.235. The van der Waals surface area contributed by atoms with Crippen molar-refractivity contribution in [1.29, 1.82) is 0 Å². The third kappa shape index (κ3) is 4.27. The number of alkyl halides is 7. The molecule has 0 aliphatic heterocycles. The molecule has 2 aromatic rings. The standard InChI is InChI=1S/C17H9Br2F8NO/c18-10-4-7(15(21,16(22,23)24)17(25,26)27)5-11(19)9(10)6-13(29)8-2-1-3-12(28)14(8)20/h1-5H,6,28H2. The average Bonchev–Trinajstić information content (AvgIpc) is 2.57. The summed E-state index contributed by atoms with van der Waals surface area (Å²) in [4.78, 5) is 12.3. The van der Waals surface area contributed by atoms with Crippen molar-refractivity contribution >= 4 is 43.3 Å². The van der Waals surface area contributed by atoms with Gasteiger partial charge < -0.3 is 5.73 Å². The Morgan fingerprint density at radius 3 is 1.86 bits per heavy atom. The molecule has 0 aliphatic carbocycles. The number of hydrogen-bond donors (Lipinski definition) is 1. The molecule has 0 fully saturated rings. The predicted octanol–water partition coefficient (Wildman–Crippen LogP) is 6.65. The third-order valence-corrected chi connectivity index (χ3v) is 5.40. The van der Waals surface area contributed by atoms with Crippen molar-refractivity contribution in [3.8, 4) is 0 Å². The maximum atomic E-state index is 14.2. The minimum absolute atomic E-state index is 0.104. The summed E-state index contributed by atoms with van der Waals surface area (Å²) in [5.41, 5.74) is -2.85. The zero-order valence-corrected chi connectivity index (χ0v) is 17.0. The molecule has 0 unspecified atom stereocenters. The number of carbonyl (C=O) groups is 1. The Morgan fingerprint density at radius 1 is 0.931 bits per heavy atom. The van der Waals surface area contributed by atoms with E-state index in [0.29, 0.717) is 0 Å².